The Balaban J connectivity index is 1.25. The van der Waals surface area contributed by atoms with E-state index in [0.29, 0.717) is 29.8 Å². The van der Waals surface area contributed by atoms with Crippen molar-refractivity contribution in [3.8, 4) is 11.5 Å². The molecule has 2 saturated carbocycles. The maximum atomic E-state index is 14.0. The number of ketones is 1. The fraction of sp³-hybridized carbons (Fsp3) is 0.568. The fourth-order valence-electron chi connectivity index (χ4n) is 9.10. The molecule has 0 aromatic heterocycles. The molecule has 0 radical (unpaired) electrons. The van der Waals surface area contributed by atoms with E-state index >= 15 is 0 Å². The van der Waals surface area contributed by atoms with Gasteiger partial charge in [-0.25, -0.2) is 0 Å². The summed E-state index contributed by atoms with van der Waals surface area (Å²) in [5.74, 6) is 0.899. The molecule has 2 aromatic rings. The first-order valence-corrected chi connectivity index (χ1v) is 16.9. The highest BCUT2D eigenvalue weighted by Crippen LogP contribution is 2.65. The quantitative estimate of drug-likeness (QED) is 0.241. The molecule has 3 aliphatic carbocycles. The predicted molar refractivity (Wildman–Crippen MR) is 170 cm³/mol. The second-order valence-corrected chi connectivity index (χ2v) is 14.6. The van der Waals surface area contributed by atoms with Gasteiger partial charge in [0.25, 0.3) is 0 Å². The summed E-state index contributed by atoms with van der Waals surface area (Å²) in [6.07, 6.45) is 3.99. The molecule has 5 aliphatic rings. The molecule has 5 atom stereocenters. The highest BCUT2D eigenvalue weighted by molar-refractivity contribution is 6.01. The number of hydrogen-bond donors (Lipinski definition) is 1. The van der Waals surface area contributed by atoms with Crippen LogP contribution in [0.5, 0.6) is 11.5 Å². The Hall–Kier alpha value is -3.37. The number of alkyl halides is 3. The van der Waals surface area contributed by atoms with Crippen molar-refractivity contribution in [2.75, 3.05) is 33.4 Å². The van der Waals surface area contributed by atoms with Gasteiger partial charge < -0.3 is 19.5 Å². The van der Waals surface area contributed by atoms with Crippen molar-refractivity contribution < 1.29 is 37.3 Å². The van der Waals surface area contributed by atoms with E-state index in [1.807, 2.05) is 11.0 Å². The Bertz CT molecular complexity index is 1580. The number of amides is 1. The van der Waals surface area contributed by atoms with Gasteiger partial charge in [-0.3, -0.25) is 14.5 Å². The Morgan fingerprint density at radius 3 is 2.57 bits per heavy atom. The number of benzene rings is 2. The van der Waals surface area contributed by atoms with E-state index in [0.717, 1.165) is 68.0 Å². The number of halogens is 3. The molecule has 1 spiro atoms. The number of ether oxygens (including phenoxy) is 2. The number of Topliss-reactive ketones (excluding diaryl/α,β-unsaturated/α-hetero) is 1. The lowest BCUT2D eigenvalue weighted by Gasteiger charge is -2.60. The number of likely N-dealkylation sites (tertiary alicyclic amines) is 1. The summed E-state index contributed by atoms with van der Waals surface area (Å²) in [5.41, 5.74) is 1.65. The van der Waals surface area contributed by atoms with E-state index < -0.39 is 23.3 Å². The molecule has 2 bridgehead atoms. The molecule has 1 amide bonds. The first-order chi connectivity index (χ1) is 22.4. The zero-order valence-corrected chi connectivity index (χ0v) is 27.2. The van der Waals surface area contributed by atoms with Gasteiger partial charge in [-0.05, 0) is 98.2 Å². The summed E-state index contributed by atoms with van der Waals surface area (Å²) in [5, 5.41) is 11.5. The van der Waals surface area contributed by atoms with Crippen LogP contribution < -0.4 is 4.74 Å². The molecule has 2 heterocycles. The van der Waals surface area contributed by atoms with Crippen LogP contribution in [0.3, 0.4) is 0 Å². The summed E-state index contributed by atoms with van der Waals surface area (Å²) in [4.78, 5) is 31.6. The molecular weight excluding hydrogens is 609 g/mol. The average molecular weight is 653 g/mol. The van der Waals surface area contributed by atoms with Crippen LogP contribution in [0.4, 0.5) is 13.2 Å². The molecule has 3 fully saturated rings. The number of piperidine rings is 1. The SMILES string of the molecule is COCC(=O)c1cc2c3c(c1O)OC1C(N(CC(C)C)C(=O)C=Cc4ccc(C(F)(F)F)cc4)CC[C@H]4[C@@H](C2)N(CC2CC2)CC[C@]314. The smallest absolute Gasteiger partial charge is 0.416 e. The van der Waals surface area contributed by atoms with Gasteiger partial charge in [0.15, 0.2) is 17.3 Å². The van der Waals surface area contributed by atoms with Crippen molar-refractivity contribution in [3.63, 3.8) is 0 Å². The number of phenols is 1. The van der Waals surface area contributed by atoms with Crippen molar-refractivity contribution >= 4 is 17.8 Å². The fourth-order valence-corrected chi connectivity index (χ4v) is 9.10. The standard InChI is InChI=1S/C37H43F3N2O5/c1-21(2)18-42(31(44)13-8-22-6-9-25(10-7-22)37(38,39)40)28-12-11-27-29-17-24-16-26(30(43)20-46-3)33(45)34-32(24)36(27,35(28)47-34)14-15-41(29)19-23-4-5-23/h6-10,13,16,21,23,27-29,35,45H,4-5,11-12,14-15,17-20H2,1-3H3/t27-,28?,29+,35?,36-/m0/s1. The van der Waals surface area contributed by atoms with E-state index in [-0.39, 0.29) is 41.6 Å². The van der Waals surface area contributed by atoms with Gasteiger partial charge in [0.1, 0.15) is 12.7 Å². The third-order valence-corrected chi connectivity index (χ3v) is 11.2. The largest absolute Gasteiger partial charge is 0.504 e. The molecule has 10 heteroatoms. The third-order valence-electron chi connectivity index (χ3n) is 11.2. The molecule has 1 N–H and O–H groups in total. The number of methoxy groups -OCH3 is 1. The summed E-state index contributed by atoms with van der Waals surface area (Å²) in [6.45, 7) is 6.43. The van der Waals surface area contributed by atoms with E-state index in [9.17, 15) is 27.9 Å². The maximum absolute atomic E-state index is 14.0. The normalized spacial score (nSPS) is 28.0. The highest BCUT2D eigenvalue weighted by Gasteiger charge is 2.67. The van der Waals surface area contributed by atoms with Crippen LogP contribution in [-0.4, -0.2) is 78.1 Å². The monoisotopic (exact) mass is 652 g/mol. The summed E-state index contributed by atoms with van der Waals surface area (Å²) in [7, 11) is 1.46. The Morgan fingerprint density at radius 1 is 1.17 bits per heavy atom. The number of hydrogen-bond acceptors (Lipinski definition) is 6. The Labute approximate surface area is 273 Å². The van der Waals surface area contributed by atoms with Crippen LogP contribution in [0.2, 0.25) is 0 Å². The molecular formula is C37H43F3N2O5. The summed E-state index contributed by atoms with van der Waals surface area (Å²) < 4.78 is 51.2. The van der Waals surface area contributed by atoms with E-state index in [2.05, 4.69) is 18.7 Å². The second-order valence-electron chi connectivity index (χ2n) is 14.6. The van der Waals surface area contributed by atoms with Crippen molar-refractivity contribution in [2.24, 2.45) is 17.8 Å². The number of rotatable bonds is 10. The Kier molecular flexibility index (Phi) is 8.18. The van der Waals surface area contributed by atoms with E-state index in [1.54, 1.807) is 6.08 Å². The molecule has 2 aromatic carbocycles. The molecule has 2 aliphatic heterocycles. The van der Waals surface area contributed by atoms with Crippen molar-refractivity contribution in [1.82, 2.24) is 9.80 Å². The summed E-state index contributed by atoms with van der Waals surface area (Å²) in [6, 6.07) is 6.63. The minimum absolute atomic E-state index is 0.144. The number of nitrogens with zero attached hydrogens (tertiary/aromatic N) is 2. The van der Waals surface area contributed by atoms with Gasteiger partial charge >= 0.3 is 6.18 Å². The van der Waals surface area contributed by atoms with Crippen LogP contribution in [-0.2, 0) is 27.5 Å². The van der Waals surface area contributed by atoms with E-state index in [4.69, 9.17) is 9.47 Å². The zero-order chi connectivity index (χ0) is 33.2. The lowest BCUT2D eigenvalue weighted by molar-refractivity contribution is -0.139. The molecule has 2 unspecified atom stereocenters. The lowest BCUT2D eigenvalue weighted by Crippen LogP contribution is -2.69. The van der Waals surface area contributed by atoms with Crippen LogP contribution in [0.1, 0.15) is 78.6 Å². The van der Waals surface area contributed by atoms with Crippen molar-refractivity contribution in [2.45, 2.75) is 82.2 Å². The van der Waals surface area contributed by atoms with Gasteiger partial charge in [-0.15, -0.1) is 0 Å². The minimum atomic E-state index is -4.43. The third kappa shape index (κ3) is 5.55. The summed E-state index contributed by atoms with van der Waals surface area (Å²) >= 11 is 0. The van der Waals surface area contributed by atoms with Crippen molar-refractivity contribution in [3.05, 3.63) is 64.2 Å². The first kappa shape index (κ1) is 32.2. The number of carbonyl (C=O) groups excluding carboxylic acids is 2. The topological polar surface area (TPSA) is 79.3 Å². The maximum Gasteiger partial charge on any atom is 0.416 e. The predicted octanol–water partition coefficient (Wildman–Crippen LogP) is 6.26. The Morgan fingerprint density at radius 2 is 1.91 bits per heavy atom. The molecule has 252 valence electrons. The molecule has 47 heavy (non-hydrogen) atoms. The molecule has 1 saturated heterocycles. The van der Waals surface area contributed by atoms with Gasteiger partial charge in [0.2, 0.25) is 5.91 Å². The second kappa shape index (κ2) is 11.9. The number of phenolic OH excluding ortho intramolecular Hbond substituents is 1. The van der Waals surface area contributed by atoms with E-state index in [1.165, 1.54) is 38.2 Å². The lowest BCUT2D eigenvalue weighted by atomic mass is 9.50. The molecule has 7 rings (SSSR count). The number of carbonyl (C=O) groups is 2. The first-order valence-electron chi connectivity index (χ1n) is 16.9. The van der Waals surface area contributed by atoms with Gasteiger partial charge in [0, 0.05) is 43.3 Å². The number of aromatic hydroxyl groups is 1. The van der Waals surface area contributed by atoms with Crippen LogP contribution in [0, 0.1) is 17.8 Å². The van der Waals surface area contributed by atoms with Crippen LogP contribution >= 0.6 is 0 Å². The van der Waals surface area contributed by atoms with Gasteiger partial charge in [0.05, 0.1) is 17.2 Å². The molecule has 7 nitrogen and oxygen atoms in total. The average Bonchev–Trinajstić information content (AvgIpc) is 3.78. The van der Waals surface area contributed by atoms with Gasteiger partial charge in [-0.2, -0.15) is 13.2 Å². The highest BCUT2D eigenvalue weighted by atomic mass is 19.4. The minimum Gasteiger partial charge on any atom is -0.504 e. The van der Waals surface area contributed by atoms with Crippen LogP contribution in [0.25, 0.3) is 6.08 Å². The van der Waals surface area contributed by atoms with Gasteiger partial charge in [-0.1, -0.05) is 26.0 Å². The zero-order valence-electron chi connectivity index (χ0n) is 27.2. The van der Waals surface area contributed by atoms with Crippen molar-refractivity contribution in [1.29, 1.82) is 0 Å². The van der Waals surface area contributed by atoms with Crippen LogP contribution in [0.15, 0.2) is 36.4 Å².